The van der Waals surface area contributed by atoms with E-state index in [1.807, 2.05) is 6.20 Å². The predicted octanol–water partition coefficient (Wildman–Crippen LogP) is 1.96. The van der Waals surface area contributed by atoms with Gasteiger partial charge in [-0.15, -0.1) is 0 Å². The van der Waals surface area contributed by atoms with Crippen LogP contribution in [0.3, 0.4) is 0 Å². The fraction of sp³-hybridized carbons (Fsp3) is 0.308. The molecule has 0 amide bonds. The van der Waals surface area contributed by atoms with Crippen molar-refractivity contribution in [1.82, 2.24) is 9.97 Å². The SMILES string of the molecule is Cc1ccccc1CCc1cnc(CN)[nH]1. The van der Waals surface area contributed by atoms with Gasteiger partial charge in [0.25, 0.3) is 0 Å². The second-order valence-corrected chi connectivity index (χ2v) is 3.99. The minimum Gasteiger partial charge on any atom is -0.345 e. The number of hydrogen-bond donors (Lipinski definition) is 2. The Labute approximate surface area is 95.7 Å². The summed E-state index contributed by atoms with van der Waals surface area (Å²) < 4.78 is 0. The third kappa shape index (κ3) is 2.49. The molecule has 3 nitrogen and oxygen atoms in total. The van der Waals surface area contributed by atoms with Crippen LogP contribution in [-0.4, -0.2) is 9.97 Å². The lowest BCUT2D eigenvalue weighted by molar-refractivity contribution is 0.890. The van der Waals surface area contributed by atoms with Crippen LogP contribution in [0, 0.1) is 6.92 Å². The Kier molecular flexibility index (Phi) is 3.37. The second-order valence-electron chi connectivity index (χ2n) is 3.99. The lowest BCUT2D eigenvalue weighted by Crippen LogP contribution is -1.99. The molecule has 0 aliphatic heterocycles. The lowest BCUT2D eigenvalue weighted by Gasteiger charge is -2.03. The van der Waals surface area contributed by atoms with E-state index in [1.165, 1.54) is 11.1 Å². The molecular formula is C13H17N3. The van der Waals surface area contributed by atoms with Crippen LogP contribution >= 0.6 is 0 Å². The van der Waals surface area contributed by atoms with Gasteiger partial charge in [-0.3, -0.25) is 0 Å². The number of benzene rings is 1. The van der Waals surface area contributed by atoms with Crippen molar-refractivity contribution in [3.63, 3.8) is 0 Å². The summed E-state index contributed by atoms with van der Waals surface area (Å²) in [4.78, 5) is 7.41. The lowest BCUT2D eigenvalue weighted by atomic mass is 10.0. The number of aryl methyl sites for hydroxylation is 3. The van der Waals surface area contributed by atoms with Crippen LogP contribution < -0.4 is 5.73 Å². The maximum absolute atomic E-state index is 5.50. The van der Waals surface area contributed by atoms with E-state index in [0.717, 1.165) is 24.4 Å². The topological polar surface area (TPSA) is 54.7 Å². The quantitative estimate of drug-likeness (QED) is 0.819. The summed E-state index contributed by atoms with van der Waals surface area (Å²) in [5.41, 5.74) is 9.40. The van der Waals surface area contributed by atoms with Crippen LogP contribution in [0.4, 0.5) is 0 Å². The summed E-state index contributed by atoms with van der Waals surface area (Å²) in [6, 6.07) is 8.48. The maximum Gasteiger partial charge on any atom is 0.120 e. The van der Waals surface area contributed by atoms with Crippen LogP contribution in [0.25, 0.3) is 0 Å². The monoisotopic (exact) mass is 215 g/mol. The van der Waals surface area contributed by atoms with E-state index in [0.29, 0.717) is 6.54 Å². The molecule has 0 saturated carbocycles. The molecule has 0 fully saturated rings. The highest BCUT2D eigenvalue weighted by molar-refractivity contribution is 5.26. The van der Waals surface area contributed by atoms with E-state index in [1.54, 1.807) is 0 Å². The molecule has 2 rings (SSSR count). The van der Waals surface area contributed by atoms with Crippen LogP contribution in [-0.2, 0) is 19.4 Å². The van der Waals surface area contributed by atoms with Crippen molar-refractivity contribution in [3.8, 4) is 0 Å². The molecule has 0 aliphatic carbocycles. The first-order valence-electron chi connectivity index (χ1n) is 5.57. The van der Waals surface area contributed by atoms with Crippen molar-refractivity contribution in [3.05, 3.63) is 53.1 Å². The van der Waals surface area contributed by atoms with E-state index in [9.17, 15) is 0 Å². The van der Waals surface area contributed by atoms with Gasteiger partial charge in [0.05, 0.1) is 6.54 Å². The van der Waals surface area contributed by atoms with Gasteiger partial charge < -0.3 is 10.7 Å². The molecule has 3 heteroatoms. The number of nitrogens with two attached hydrogens (primary N) is 1. The summed E-state index contributed by atoms with van der Waals surface area (Å²) in [6.45, 7) is 2.62. The molecular weight excluding hydrogens is 198 g/mol. The Morgan fingerprint density at radius 3 is 2.75 bits per heavy atom. The molecule has 1 aromatic heterocycles. The number of aromatic nitrogens is 2. The minimum absolute atomic E-state index is 0.477. The van der Waals surface area contributed by atoms with Crippen molar-refractivity contribution < 1.29 is 0 Å². The third-order valence-electron chi connectivity index (χ3n) is 2.80. The molecule has 0 bridgehead atoms. The highest BCUT2D eigenvalue weighted by Gasteiger charge is 2.01. The summed E-state index contributed by atoms with van der Waals surface area (Å²) in [7, 11) is 0. The van der Waals surface area contributed by atoms with Crippen LogP contribution in [0.1, 0.15) is 22.6 Å². The Morgan fingerprint density at radius 2 is 2.06 bits per heavy atom. The average molecular weight is 215 g/mol. The fourth-order valence-corrected chi connectivity index (χ4v) is 1.80. The Morgan fingerprint density at radius 1 is 1.25 bits per heavy atom. The zero-order valence-corrected chi connectivity index (χ0v) is 9.53. The highest BCUT2D eigenvalue weighted by atomic mass is 14.9. The molecule has 1 aromatic carbocycles. The van der Waals surface area contributed by atoms with Crippen molar-refractivity contribution in [2.24, 2.45) is 5.73 Å². The fourth-order valence-electron chi connectivity index (χ4n) is 1.80. The summed E-state index contributed by atoms with van der Waals surface area (Å²) in [5, 5.41) is 0. The van der Waals surface area contributed by atoms with Gasteiger partial charge in [-0.05, 0) is 30.9 Å². The summed E-state index contributed by atoms with van der Waals surface area (Å²) in [6.07, 6.45) is 3.90. The largest absolute Gasteiger partial charge is 0.345 e. The van der Waals surface area contributed by atoms with Gasteiger partial charge in [-0.1, -0.05) is 24.3 Å². The number of aromatic amines is 1. The minimum atomic E-state index is 0.477. The van der Waals surface area contributed by atoms with Crippen molar-refractivity contribution >= 4 is 0 Å². The molecule has 0 spiro atoms. The number of hydrogen-bond acceptors (Lipinski definition) is 2. The third-order valence-corrected chi connectivity index (χ3v) is 2.80. The molecule has 0 radical (unpaired) electrons. The van der Waals surface area contributed by atoms with Gasteiger partial charge in [0.2, 0.25) is 0 Å². The van der Waals surface area contributed by atoms with Gasteiger partial charge in [-0.25, -0.2) is 4.98 Å². The molecule has 0 atom stereocenters. The van der Waals surface area contributed by atoms with Gasteiger partial charge >= 0.3 is 0 Å². The highest BCUT2D eigenvalue weighted by Crippen LogP contribution is 2.10. The smallest absolute Gasteiger partial charge is 0.120 e. The molecule has 84 valence electrons. The molecule has 0 aliphatic rings. The van der Waals surface area contributed by atoms with Crippen LogP contribution in [0.2, 0.25) is 0 Å². The maximum atomic E-state index is 5.50. The van der Waals surface area contributed by atoms with Gasteiger partial charge in [0.15, 0.2) is 0 Å². The van der Waals surface area contributed by atoms with Gasteiger partial charge in [0, 0.05) is 11.9 Å². The number of nitrogens with zero attached hydrogens (tertiary/aromatic N) is 1. The normalized spacial score (nSPS) is 10.6. The summed E-state index contributed by atoms with van der Waals surface area (Å²) >= 11 is 0. The molecule has 3 N–H and O–H groups in total. The van der Waals surface area contributed by atoms with Crippen molar-refractivity contribution in [2.75, 3.05) is 0 Å². The van der Waals surface area contributed by atoms with E-state index in [2.05, 4.69) is 41.2 Å². The van der Waals surface area contributed by atoms with Crippen LogP contribution in [0.5, 0.6) is 0 Å². The van der Waals surface area contributed by atoms with Gasteiger partial charge in [-0.2, -0.15) is 0 Å². The molecule has 1 heterocycles. The van der Waals surface area contributed by atoms with E-state index >= 15 is 0 Å². The Balaban J connectivity index is 1.99. The molecule has 0 unspecified atom stereocenters. The number of rotatable bonds is 4. The zero-order chi connectivity index (χ0) is 11.4. The average Bonchev–Trinajstić information content (AvgIpc) is 2.76. The summed E-state index contributed by atoms with van der Waals surface area (Å²) in [5.74, 6) is 0.861. The molecule has 0 saturated heterocycles. The van der Waals surface area contributed by atoms with Crippen molar-refractivity contribution in [1.29, 1.82) is 0 Å². The predicted molar refractivity (Wildman–Crippen MR) is 65.1 cm³/mol. The Hall–Kier alpha value is -1.61. The van der Waals surface area contributed by atoms with Crippen LogP contribution in [0.15, 0.2) is 30.5 Å². The molecule has 2 aromatic rings. The number of nitrogens with one attached hydrogen (secondary N) is 1. The second kappa shape index (κ2) is 4.94. The first kappa shape index (κ1) is 10.9. The van der Waals surface area contributed by atoms with Gasteiger partial charge in [0.1, 0.15) is 5.82 Å². The van der Waals surface area contributed by atoms with E-state index < -0.39 is 0 Å². The number of imidazole rings is 1. The zero-order valence-electron chi connectivity index (χ0n) is 9.53. The molecule has 16 heavy (non-hydrogen) atoms. The van der Waals surface area contributed by atoms with E-state index in [4.69, 9.17) is 5.73 Å². The standard InChI is InChI=1S/C13H17N3/c1-10-4-2-3-5-11(10)6-7-12-9-15-13(8-14)16-12/h2-5,9H,6-8,14H2,1H3,(H,15,16). The Bertz CT molecular complexity index is 460. The first-order chi connectivity index (χ1) is 7.79. The van der Waals surface area contributed by atoms with E-state index in [-0.39, 0.29) is 0 Å². The van der Waals surface area contributed by atoms with Crippen molar-refractivity contribution in [2.45, 2.75) is 26.3 Å². The first-order valence-corrected chi connectivity index (χ1v) is 5.57. The number of H-pyrrole nitrogens is 1.